The number of amides is 2. The Hall–Kier alpha value is -5.04. The largest absolute Gasteiger partial charge is 0.369 e. The SMILES string of the molecule is CCC(=O)NCC(=O)CCC(=O)NCCCN(C)CCCNc1nc(Cc2ccccc2)nc2c1-c1ccc(-c3nnn(C)n3)cc1C2. The van der Waals surface area contributed by atoms with Crippen molar-refractivity contribution in [2.24, 2.45) is 7.05 Å². The Kier molecular flexibility index (Phi) is 11.9. The molecule has 1 aliphatic rings. The van der Waals surface area contributed by atoms with E-state index in [1.54, 1.807) is 14.0 Å². The van der Waals surface area contributed by atoms with Gasteiger partial charge in [-0.15, -0.1) is 10.2 Å². The van der Waals surface area contributed by atoms with Crippen molar-refractivity contribution in [1.29, 1.82) is 0 Å². The standard InChI is InChI=1S/C35H44N10O3/c1-4-31(47)38-23-27(46)13-15-32(48)36-16-8-18-44(2)19-9-17-37-35-33-28-14-12-25(34-41-43-45(3)42-34)21-26(28)22-29(33)39-30(40-35)20-24-10-6-5-7-11-24/h5-7,10-12,14,21H,4,8-9,13,15-20,22-23H2,1-3H3,(H,36,48)(H,38,47)(H,37,39,40). The Balaban J connectivity index is 1.11. The molecule has 13 nitrogen and oxygen atoms in total. The first kappa shape index (κ1) is 34.3. The molecule has 252 valence electrons. The summed E-state index contributed by atoms with van der Waals surface area (Å²) in [6.45, 7) is 4.72. The lowest BCUT2D eigenvalue weighted by atomic mass is 10.0. The summed E-state index contributed by atoms with van der Waals surface area (Å²) in [7, 11) is 3.83. The van der Waals surface area contributed by atoms with Gasteiger partial charge in [0.05, 0.1) is 19.3 Å². The maximum Gasteiger partial charge on any atom is 0.220 e. The van der Waals surface area contributed by atoms with E-state index in [4.69, 9.17) is 9.97 Å². The Morgan fingerprint density at radius 3 is 2.48 bits per heavy atom. The number of hydrogen-bond acceptors (Lipinski definition) is 10. The second-order valence-electron chi connectivity index (χ2n) is 12.1. The Labute approximate surface area is 280 Å². The molecule has 0 saturated heterocycles. The summed E-state index contributed by atoms with van der Waals surface area (Å²) in [4.78, 5) is 48.9. The first-order chi connectivity index (χ1) is 23.3. The van der Waals surface area contributed by atoms with Gasteiger partial charge in [-0.3, -0.25) is 14.4 Å². The molecule has 0 atom stereocenters. The number of fused-ring (bicyclic) bond motifs is 3. The number of benzene rings is 2. The lowest BCUT2D eigenvalue weighted by Crippen LogP contribution is -2.31. The predicted octanol–water partition coefficient (Wildman–Crippen LogP) is 2.94. The molecule has 2 amide bonds. The van der Waals surface area contributed by atoms with E-state index in [9.17, 15) is 14.4 Å². The van der Waals surface area contributed by atoms with Gasteiger partial charge in [0.2, 0.25) is 17.6 Å². The summed E-state index contributed by atoms with van der Waals surface area (Å²) in [5.41, 5.74) is 6.45. The molecule has 4 aromatic rings. The zero-order valence-electron chi connectivity index (χ0n) is 28.0. The number of nitrogens with one attached hydrogen (secondary N) is 3. The molecule has 0 spiro atoms. The minimum absolute atomic E-state index is 0.0228. The van der Waals surface area contributed by atoms with Crippen LogP contribution in [0.1, 0.15) is 61.7 Å². The number of aromatic nitrogens is 6. The van der Waals surface area contributed by atoms with E-state index in [0.717, 1.165) is 66.5 Å². The number of aryl methyl sites for hydroxylation is 1. The maximum atomic E-state index is 12.1. The first-order valence-electron chi connectivity index (χ1n) is 16.6. The van der Waals surface area contributed by atoms with Gasteiger partial charge in [0.15, 0.2) is 5.78 Å². The van der Waals surface area contributed by atoms with Crippen LogP contribution in [0.5, 0.6) is 0 Å². The minimum atomic E-state index is -0.170. The van der Waals surface area contributed by atoms with Gasteiger partial charge in [0, 0.05) is 56.3 Å². The molecule has 0 unspecified atom stereocenters. The number of tetrazole rings is 1. The smallest absolute Gasteiger partial charge is 0.220 e. The molecule has 3 N–H and O–H groups in total. The topological polar surface area (TPSA) is 160 Å². The van der Waals surface area contributed by atoms with Gasteiger partial charge < -0.3 is 20.9 Å². The molecular weight excluding hydrogens is 608 g/mol. The van der Waals surface area contributed by atoms with Gasteiger partial charge in [-0.05, 0) is 60.9 Å². The van der Waals surface area contributed by atoms with Crippen molar-refractivity contribution >= 4 is 23.4 Å². The zero-order valence-corrected chi connectivity index (χ0v) is 28.0. The van der Waals surface area contributed by atoms with Gasteiger partial charge in [0.1, 0.15) is 11.6 Å². The van der Waals surface area contributed by atoms with Gasteiger partial charge in [-0.25, -0.2) is 9.97 Å². The van der Waals surface area contributed by atoms with Crippen molar-refractivity contribution in [2.45, 2.75) is 51.9 Å². The molecule has 2 heterocycles. The van der Waals surface area contributed by atoms with Crippen LogP contribution in [0.4, 0.5) is 5.82 Å². The Bertz CT molecular complexity index is 1720. The summed E-state index contributed by atoms with van der Waals surface area (Å²) < 4.78 is 0. The van der Waals surface area contributed by atoms with Crippen LogP contribution in [0.3, 0.4) is 0 Å². The van der Waals surface area contributed by atoms with Crippen LogP contribution in [0.2, 0.25) is 0 Å². The van der Waals surface area contributed by atoms with Crippen LogP contribution in [-0.4, -0.2) is 92.4 Å². The first-order valence-corrected chi connectivity index (χ1v) is 16.6. The van der Waals surface area contributed by atoms with E-state index in [2.05, 4.69) is 67.6 Å². The number of ketones is 1. The third-order valence-corrected chi connectivity index (χ3v) is 8.22. The molecule has 0 aliphatic heterocycles. The van der Waals surface area contributed by atoms with Crippen LogP contribution in [0.15, 0.2) is 48.5 Å². The van der Waals surface area contributed by atoms with Crippen LogP contribution in [0, 0.1) is 0 Å². The fourth-order valence-corrected chi connectivity index (χ4v) is 5.65. The van der Waals surface area contributed by atoms with Crippen LogP contribution in [-0.2, 0) is 34.3 Å². The third-order valence-electron chi connectivity index (χ3n) is 8.22. The average Bonchev–Trinajstić information content (AvgIpc) is 3.69. The van der Waals surface area contributed by atoms with Crippen molar-refractivity contribution in [3.05, 3.63) is 71.2 Å². The molecule has 1 aliphatic carbocycles. The molecule has 48 heavy (non-hydrogen) atoms. The lowest BCUT2D eigenvalue weighted by Gasteiger charge is -2.18. The summed E-state index contributed by atoms with van der Waals surface area (Å²) in [6, 6.07) is 16.5. The minimum Gasteiger partial charge on any atom is -0.369 e. The van der Waals surface area contributed by atoms with E-state index >= 15 is 0 Å². The van der Waals surface area contributed by atoms with Gasteiger partial charge >= 0.3 is 0 Å². The highest BCUT2D eigenvalue weighted by molar-refractivity contribution is 5.89. The van der Waals surface area contributed by atoms with Gasteiger partial charge in [-0.1, -0.05) is 49.4 Å². The number of carbonyl (C=O) groups is 3. The number of nitrogens with zero attached hydrogens (tertiary/aromatic N) is 7. The Morgan fingerprint density at radius 1 is 0.938 bits per heavy atom. The molecule has 2 aromatic heterocycles. The van der Waals surface area contributed by atoms with Crippen LogP contribution in [0.25, 0.3) is 22.5 Å². The van der Waals surface area contributed by atoms with E-state index in [-0.39, 0.29) is 37.0 Å². The highest BCUT2D eigenvalue weighted by Crippen LogP contribution is 2.41. The van der Waals surface area contributed by atoms with E-state index < -0.39 is 0 Å². The molecule has 13 heteroatoms. The molecule has 5 rings (SSSR count). The molecular formula is C35H44N10O3. The van der Waals surface area contributed by atoms with Crippen molar-refractivity contribution < 1.29 is 14.4 Å². The van der Waals surface area contributed by atoms with E-state index in [1.807, 2.05) is 24.3 Å². The molecule has 0 radical (unpaired) electrons. The fourth-order valence-electron chi connectivity index (χ4n) is 5.65. The monoisotopic (exact) mass is 652 g/mol. The molecule has 0 fully saturated rings. The van der Waals surface area contributed by atoms with Gasteiger partial charge in [-0.2, -0.15) is 4.80 Å². The fraction of sp³-hybridized carbons (Fsp3) is 0.429. The maximum absolute atomic E-state index is 12.1. The number of hydrogen-bond donors (Lipinski definition) is 3. The lowest BCUT2D eigenvalue weighted by molar-refractivity contribution is -0.126. The third kappa shape index (κ3) is 9.50. The number of anilines is 1. The van der Waals surface area contributed by atoms with E-state index in [1.165, 1.54) is 15.9 Å². The number of Topliss-reactive ketones (excluding diaryl/α,β-unsaturated/α-hetero) is 1. The van der Waals surface area contributed by atoms with Crippen molar-refractivity contribution in [1.82, 2.24) is 45.7 Å². The molecule has 0 bridgehead atoms. The van der Waals surface area contributed by atoms with Crippen LogP contribution >= 0.6 is 0 Å². The highest BCUT2D eigenvalue weighted by atomic mass is 16.2. The molecule has 2 aromatic carbocycles. The predicted molar refractivity (Wildman–Crippen MR) is 183 cm³/mol. The zero-order chi connectivity index (χ0) is 33.9. The number of rotatable bonds is 18. The molecule has 0 saturated carbocycles. The van der Waals surface area contributed by atoms with Crippen molar-refractivity contribution in [3.63, 3.8) is 0 Å². The average molecular weight is 653 g/mol. The second-order valence-corrected chi connectivity index (χ2v) is 12.1. The van der Waals surface area contributed by atoms with Crippen LogP contribution < -0.4 is 16.0 Å². The quantitative estimate of drug-likeness (QED) is 0.120. The van der Waals surface area contributed by atoms with Crippen molar-refractivity contribution in [3.8, 4) is 22.5 Å². The van der Waals surface area contributed by atoms with E-state index in [0.29, 0.717) is 31.6 Å². The van der Waals surface area contributed by atoms with Crippen molar-refractivity contribution in [2.75, 3.05) is 45.1 Å². The van der Waals surface area contributed by atoms with Gasteiger partial charge in [0.25, 0.3) is 0 Å². The Morgan fingerprint density at radius 2 is 1.73 bits per heavy atom. The summed E-state index contributed by atoms with van der Waals surface area (Å²) in [5, 5.41) is 21.6. The summed E-state index contributed by atoms with van der Waals surface area (Å²) in [6.07, 6.45) is 3.67. The highest BCUT2D eigenvalue weighted by Gasteiger charge is 2.26. The second kappa shape index (κ2) is 16.7. The normalized spacial score (nSPS) is 11.7. The summed E-state index contributed by atoms with van der Waals surface area (Å²) in [5.74, 6) is 1.78. The number of carbonyl (C=O) groups excluding carboxylic acids is 3. The summed E-state index contributed by atoms with van der Waals surface area (Å²) >= 11 is 0.